The van der Waals surface area contributed by atoms with E-state index in [2.05, 4.69) is 31.9 Å². The van der Waals surface area contributed by atoms with E-state index in [4.69, 9.17) is 0 Å². The molecule has 0 aromatic heterocycles. The topological polar surface area (TPSA) is 20.2 Å². The van der Waals surface area contributed by atoms with Crippen LogP contribution in [-0.2, 0) is 6.61 Å². The van der Waals surface area contributed by atoms with Gasteiger partial charge in [-0.3, -0.25) is 0 Å². The number of aliphatic hydroxyl groups is 1. The van der Waals surface area contributed by atoms with E-state index in [0.29, 0.717) is 0 Å². The summed E-state index contributed by atoms with van der Waals surface area (Å²) < 4.78 is 2.04. The highest BCUT2D eigenvalue weighted by Gasteiger charge is 2.05. The van der Waals surface area contributed by atoms with Crippen molar-refractivity contribution in [1.29, 1.82) is 0 Å². The van der Waals surface area contributed by atoms with Gasteiger partial charge in [0.1, 0.15) is 0 Å². The molecule has 82 valence electrons. The average molecular weight is 342 g/mol. The summed E-state index contributed by atoms with van der Waals surface area (Å²) in [6.07, 6.45) is 0. The lowest BCUT2D eigenvalue weighted by Gasteiger charge is -2.08. The molecule has 0 fully saturated rings. The van der Waals surface area contributed by atoms with Gasteiger partial charge in [0.2, 0.25) is 0 Å². The highest BCUT2D eigenvalue weighted by Crippen LogP contribution is 2.29. The molecule has 0 amide bonds. The van der Waals surface area contributed by atoms with Crippen molar-refractivity contribution < 1.29 is 5.11 Å². The third-order valence-corrected chi connectivity index (χ3v) is 3.28. The SMILES string of the molecule is OCc1ccccc1-c1cc(Br)cc(Br)c1. The highest BCUT2D eigenvalue weighted by atomic mass is 79.9. The van der Waals surface area contributed by atoms with Gasteiger partial charge in [0, 0.05) is 8.95 Å². The van der Waals surface area contributed by atoms with Crippen LogP contribution in [0.4, 0.5) is 0 Å². The molecule has 0 aliphatic carbocycles. The standard InChI is InChI=1S/C13H10Br2O/c14-11-5-10(6-12(15)7-11)13-4-2-1-3-9(13)8-16/h1-7,16H,8H2. The summed E-state index contributed by atoms with van der Waals surface area (Å²) in [5.41, 5.74) is 3.09. The minimum absolute atomic E-state index is 0.0559. The van der Waals surface area contributed by atoms with Crippen LogP contribution in [0, 0.1) is 0 Å². The van der Waals surface area contributed by atoms with E-state index < -0.39 is 0 Å². The van der Waals surface area contributed by atoms with E-state index in [0.717, 1.165) is 25.6 Å². The molecule has 0 bridgehead atoms. The summed E-state index contributed by atoms with van der Waals surface area (Å²) in [6, 6.07) is 13.9. The first kappa shape index (κ1) is 11.8. The molecule has 2 rings (SSSR count). The van der Waals surface area contributed by atoms with Crippen LogP contribution in [0.25, 0.3) is 11.1 Å². The molecule has 0 atom stereocenters. The smallest absolute Gasteiger partial charge is 0.0687 e. The molecule has 1 nitrogen and oxygen atoms in total. The van der Waals surface area contributed by atoms with Crippen molar-refractivity contribution in [3.8, 4) is 11.1 Å². The molecular weight excluding hydrogens is 332 g/mol. The predicted octanol–water partition coefficient (Wildman–Crippen LogP) is 4.37. The third-order valence-electron chi connectivity index (χ3n) is 2.36. The molecule has 0 saturated carbocycles. The van der Waals surface area contributed by atoms with Crippen molar-refractivity contribution in [3.63, 3.8) is 0 Å². The second-order valence-electron chi connectivity index (χ2n) is 3.47. The quantitative estimate of drug-likeness (QED) is 0.859. The van der Waals surface area contributed by atoms with E-state index in [-0.39, 0.29) is 6.61 Å². The summed E-state index contributed by atoms with van der Waals surface area (Å²) in [4.78, 5) is 0. The minimum atomic E-state index is 0.0559. The van der Waals surface area contributed by atoms with Gasteiger partial charge in [-0.1, -0.05) is 56.1 Å². The highest BCUT2D eigenvalue weighted by molar-refractivity contribution is 9.11. The van der Waals surface area contributed by atoms with Crippen LogP contribution >= 0.6 is 31.9 Å². The van der Waals surface area contributed by atoms with Gasteiger partial charge in [0.15, 0.2) is 0 Å². The fourth-order valence-electron chi connectivity index (χ4n) is 1.65. The first-order valence-corrected chi connectivity index (χ1v) is 6.44. The van der Waals surface area contributed by atoms with Gasteiger partial charge in [0.25, 0.3) is 0 Å². The normalized spacial score (nSPS) is 10.4. The lowest BCUT2D eigenvalue weighted by molar-refractivity contribution is 0.282. The Balaban J connectivity index is 2.58. The van der Waals surface area contributed by atoms with Crippen LogP contribution < -0.4 is 0 Å². The number of benzene rings is 2. The summed E-state index contributed by atoms with van der Waals surface area (Å²) in [6.45, 7) is 0.0559. The van der Waals surface area contributed by atoms with Gasteiger partial charge in [-0.05, 0) is 34.9 Å². The number of hydrogen-bond donors (Lipinski definition) is 1. The van der Waals surface area contributed by atoms with E-state index in [1.54, 1.807) is 0 Å². The number of hydrogen-bond acceptors (Lipinski definition) is 1. The Labute approximate surface area is 111 Å². The zero-order valence-corrected chi connectivity index (χ0v) is 11.6. The van der Waals surface area contributed by atoms with Gasteiger partial charge < -0.3 is 5.11 Å². The molecule has 0 heterocycles. The van der Waals surface area contributed by atoms with Crippen molar-refractivity contribution in [2.75, 3.05) is 0 Å². The summed E-state index contributed by atoms with van der Waals surface area (Å²) in [5.74, 6) is 0. The molecule has 0 saturated heterocycles. The molecule has 1 N–H and O–H groups in total. The summed E-state index contributed by atoms with van der Waals surface area (Å²) >= 11 is 6.93. The van der Waals surface area contributed by atoms with Crippen LogP contribution in [0.3, 0.4) is 0 Å². The second-order valence-corrected chi connectivity index (χ2v) is 5.30. The van der Waals surface area contributed by atoms with E-state index in [9.17, 15) is 5.11 Å². The van der Waals surface area contributed by atoms with Crippen molar-refractivity contribution >= 4 is 31.9 Å². The molecule has 0 unspecified atom stereocenters. The van der Waals surface area contributed by atoms with Gasteiger partial charge in [-0.15, -0.1) is 0 Å². The lowest BCUT2D eigenvalue weighted by Crippen LogP contribution is -1.88. The van der Waals surface area contributed by atoms with Crippen LogP contribution in [0.15, 0.2) is 51.4 Å². The van der Waals surface area contributed by atoms with E-state index in [1.165, 1.54) is 0 Å². The number of aliphatic hydroxyl groups excluding tert-OH is 1. The van der Waals surface area contributed by atoms with Gasteiger partial charge in [-0.25, -0.2) is 0 Å². The maximum absolute atomic E-state index is 9.29. The molecule has 2 aromatic carbocycles. The summed E-state index contributed by atoms with van der Waals surface area (Å²) in [5, 5.41) is 9.29. The fourth-order valence-corrected chi connectivity index (χ4v) is 2.94. The molecule has 0 spiro atoms. The molecule has 0 aliphatic heterocycles. The second kappa shape index (κ2) is 5.13. The largest absolute Gasteiger partial charge is 0.392 e. The first-order valence-electron chi connectivity index (χ1n) is 4.86. The van der Waals surface area contributed by atoms with Crippen LogP contribution in [0.5, 0.6) is 0 Å². The molecule has 0 radical (unpaired) electrons. The molecule has 0 aliphatic rings. The minimum Gasteiger partial charge on any atom is -0.392 e. The first-order chi connectivity index (χ1) is 7.70. The number of rotatable bonds is 2. The Kier molecular flexibility index (Phi) is 3.79. The number of halogens is 2. The van der Waals surface area contributed by atoms with E-state index in [1.807, 2.05) is 42.5 Å². The zero-order valence-electron chi connectivity index (χ0n) is 8.45. The van der Waals surface area contributed by atoms with Gasteiger partial charge in [-0.2, -0.15) is 0 Å². The Morgan fingerprint density at radius 1 is 0.938 bits per heavy atom. The van der Waals surface area contributed by atoms with Crippen molar-refractivity contribution in [1.82, 2.24) is 0 Å². The average Bonchev–Trinajstić information content (AvgIpc) is 2.27. The zero-order chi connectivity index (χ0) is 11.5. The van der Waals surface area contributed by atoms with Crippen molar-refractivity contribution in [3.05, 3.63) is 57.0 Å². The van der Waals surface area contributed by atoms with Crippen molar-refractivity contribution in [2.24, 2.45) is 0 Å². The molecular formula is C13H10Br2O. The van der Waals surface area contributed by atoms with Crippen molar-refractivity contribution in [2.45, 2.75) is 6.61 Å². The van der Waals surface area contributed by atoms with Crippen LogP contribution in [-0.4, -0.2) is 5.11 Å². The Bertz CT molecular complexity index is 489. The summed E-state index contributed by atoms with van der Waals surface area (Å²) in [7, 11) is 0. The van der Waals surface area contributed by atoms with Crippen LogP contribution in [0.2, 0.25) is 0 Å². The van der Waals surface area contributed by atoms with Gasteiger partial charge in [0.05, 0.1) is 6.61 Å². The lowest BCUT2D eigenvalue weighted by atomic mass is 10.0. The maximum Gasteiger partial charge on any atom is 0.0687 e. The van der Waals surface area contributed by atoms with Crippen LogP contribution in [0.1, 0.15) is 5.56 Å². The monoisotopic (exact) mass is 340 g/mol. The van der Waals surface area contributed by atoms with Gasteiger partial charge >= 0.3 is 0 Å². The third kappa shape index (κ3) is 2.54. The Morgan fingerprint density at radius 3 is 2.19 bits per heavy atom. The Morgan fingerprint density at radius 2 is 1.56 bits per heavy atom. The fraction of sp³-hybridized carbons (Fsp3) is 0.0769. The molecule has 16 heavy (non-hydrogen) atoms. The Hall–Kier alpha value is -0.640. The van der Waals surface area contributed by atoms with E-state index >= 15 is 0 Å². The molecule has 3 heteroatoms. The molecule has 2 aromatic rings. The predicted molar refractivity (Wildman–Crippen MR) is 73.2 cm³/mol. The maximum atomic E-state index is 9.29.